The number of benzene rings is 1. The second-order valence-electron chi connectivity index (χ2n) is 4.42. The Morgan fingerprint density at radius 2 is 2.30 bits per heavy atom. The van der Waals surface area contributed by atoms with E-state index < -0.39 is 17.4 Å². The number of carbonyl (C=O) groups is 1. The highest BCUT2D eigenvalue weighted by atomic mass is 35.5. The molecule has 0 bridgehead atoms. The molecule has 0 aliphatic carbocycles. The van der Waals surface area contributed by atoms with Crippen LogP contribution in [0.1, 0.15) is 10.4 Å². The minimum Gasteiger partial charge on any atom is -0.477 e. The first kappa shape index (κ1) is 16.9. The topological polar surface area (TPSA) is 93.8 Å². The average Bonchev–Trinajstić information content (AvgIpc) is 2.91. The van der Waals surface area contributed by atoms with Crippen LogP contribution in [0.2, 0.25) is 5.02 Å². The molecule has 9 heteroatoms. The van der Waals surface area contributed by atoms with Crippen molar-refractivity contribution in [2.45, 2.75) is 6.92 Å². The summed E-state index contributed by atoms with van der Waals surface area (Å²) in [5.41, 5.74) is 3.05. The van der Waals surface area contributed by atoms with E-state index in [0.29, 0.717) is 0 Å². The van der Waals surface area contributed by atoms with Gasteiger partial charge in [-0.25, -0.2) is 5.43 Å². The van der Waals surface area contributed by atoms with E-state index in [-0.39, 0.29) is 16.5 Å². The molecule has 7 nitrogen and oxygen atoms in total. The second kappa shape index (κ2) is 7.70. The first-order valence-electron chi connectivity index (χ1n) is 6.40. The van der Waals surface area contributed by atoms with Gasteiger partial charge in [0.1, 0.15) is 0 Å². The summed E-state index contributed by atoms with van der Waals surface area (Å²) >= 11 is 7.19. The van der Waals surface area contributed by atoms with Crippen molar-refractivity contribution in [2.24, 2.45) is 5.10 Å². The molecular formula is C14H12ClN3O4S. The second-order valence-corrected chi connectivity index (χ2v) is 5.80. The van der Waals surface area contributed by atoms with Gasteiger partial charge in [0.05, 0.1) is 11.1 Å². The Labute approximate surface area is 140 Å². The van der Waals surface area contributed by atoms with E-state index in [2.05, 4.69) is 10.5 Å². The zero-order valence-electron chi connectivity index (χ0n) is 12.0. The fourth-order valence-corrected chi connectivity index (χ4v) is 2.56. The maximum atomic E-state index is 11.6. The highest BCUT2D eigenvalue weighted by Gasteiger charge is 2.16. The number of nitro groups is 1. The molecule has 1 N–H and O–H groups in total. The molecule has 2 rings (SSSR count). The van der Waals surface area contributed by atoms with Crippen molar-refractivity contribution >= 4 is 40.7 Å². The van der Waals surface area contributed by atoms with Crippen molar-refractivity contribution in [1.82, 2.24) is 5.43 Å². The molecule has 0 saturated heterocycles. The van der Waals surface area contributed by atoms with Crippen molar-refractivity contribution in [3.63, 3.8) is 0 Å². The van der Waals surface area contributed by atoms with Gasteiger partial charge in [-0.3, -0.25) is 14.9 Å². The van der Waals surface area contributed by atoms with Crippen LogP contribution >= 0.6 is 22.9 Å². The molecule has 23 heavy (non-hydrogen) atoms. The highest BCUT2D eigenvalue weighted by Crippen LogP contribution is 2.29. The molecule has 0 fully saturated rings. The molecule has 2 aromatic rings. The van der Waals surface area contributed by atoms with E-state index in [1.165, 1.54) is 29.7 Å². The number of hydrogen-bond donors (Lipinski definition) is 1. The largest absolute Gasteiger partial charge is 0.477 e. The molecular weight excluding hydrogens is 342 g/mol. The number of hydrogen-bond acceptors (Lipinski definition) is 6. The molecule has 1 heterocycles. The normalized spacial score (nSPS) is 10.7. The third kappa shape index (κ3) is 4.76. The Morgan fingerprint density at radius 3 is 2.96 bits per heavy atom. The fourth-order valence-electron chi connectivity index (χ4n) is 1.61. The summed E-state index contributed by atoms with van der Waals surface area (Å²) in [5, 5.41) is 16.8. The smallest absolute Gasteiger partial charge is 0.312 e. The summed E-state index contributed by atoms with van der Waals surface area (Å²) in [7, 11) is 0. The minimum atomic E-state index is -0.628. The van der Waals surface area contributed by atoms with Crippen molar-refractivity contribution in [1.29, 1.82) is 0 Å². The number of rotatable bonds is 6. The van der Waals surface area contributed by atoms with Crippen LogP contribution < -0.4 is 10.2 Å². The van der Waals surface area contributed by atoms with E-state index in [1.807, 2.05) is 18.4 Å². The number of thiophene rings is 1. The lowest BCUT2D eigenvalue weighted by molar-refractivity contribution is -0.385. The van der Waals surface area contributed by atoms with Crippen LogP contribution in [0.15, 0.2) is 34.7 Å². The van der Waals surface area contributed by atoms with Gasteiger partial charge in [0.25, 0.3) is 5.91 Å². The highest BCUT2D eigenvalue weighted by molar-refractivity contribution is 7.11. The van der Waals surface area contributed by atoms with Gasteiger partial charge in [-0.15, -0.1) is 11.3 Å². The van der Waals surface area contributed by atoms with Gasteiger partial charge in [-0.2, -0.15) is 5.10 Å². The maximum absolute atomic E-state index is 11.6. The van der Waals surface area contributed by atoms with E-state index in [4.69, 9.17) is 16.3 Å². The predicted molar refractivity (Wildman–Crippen MR) is 88.4 cm³/mol. The molecule has 1 aromatic carbocycles. The number of halogens is 1. The number of nitro benzene ring substituents is 1. The molecule has 0 radical (unpaired) electrons. The average molecular weight is 354 g/mol. The standard InChI is InChI=1S/C14H12ClN3O4S/c1-9-4-5-23-13(9)7-16-17-14(19)8-22-12-3-2-10(15)6-11(12)18(20)21/h2-7H,8H2,1H3,(H,17,19)/b16-7+. The Bertz CT molecular complexity index is 760. The van der Waals surface area contributed by atoms with Crippen LogP contribution in [-0.4, -0.2) is 23.7 Å². The van der Waals surface area contributed by atoms with Crippen molar-refractivity contribution in [3.05, 3.63) is 55.2 Å². The van der Waals surface area contributed by atoms with Gasteiger partial charge in [-0.1, -0.05) is 11.6 Å². The number of nitrogens with one attached hydrogen (secondary N) is 1. The van der Waals surface area contributed by atoms with Crippen molar-refractivity contribution < 1.29 is 14.5 Å². The van der Waals surface area contributed by atoms with Crippen LogP contribution in [0.5, 0.6) is 5.75 Å². The van der Waals surface area contributed by atoms with E-state index in [9.17, 15) is 14.9 Å². The van der Waals surface area contributed by atoms with Crippen LogP contribution in [0.25, 0.3) is 0 Å². The lowest BCUT2D eigenvalue weighted by atomic mass is 10.3. The predicted octanol–water partition coefficient (Wildman–Crippen LogP) is 3.15. The van der Waals surface area contributed by atoms with Crippen LogP contribution in [0.3, 0.4) is 0 Å². The summed E-state index contributed by atoms with van der Waals surface area (Å²) in [6.07, 6.45) is 1.53. The lowest BCUT2D eigenvalue weighted by Crippen LogP contribution is -2.24. The van der Waals surface area contributed by atoms with Crippen molar-refractivity contribution in [2.75, 3.05) is 6.61 Å². The molecule has 0 spiro atoms. The third-order valence-electron chi connectivity index (χ3n) is 2.75. The van der Waals surface area contributed by atoms with Gasteiger partial charge in [0.2, 0.25) is 0 Å². The summed E-state index contributed by atoms with van der Waals surface area (Å²) in [6, 6.07) is 5.88. The van der Waals surface area contributed by atoms with Gasteiger partial charge >= 0.3 is 5.69 Å². The van der Waals surface area contributed by atoms with Crippen LogP contribution in [0, 0.1) is 17.0 Å². The number of ether oxygens (including phenoxy) is 1. The Kier molecular flexibility index (Phi) is 5.67. The Hall–Kier alpha value is -2.45. The summed E-state index contributed by atoms with van der Waals surface area (Å²) < 4.78 is 5.14. The van der Waals surface area contributed by atoms with Crippen LogP contribution in [0.4, 0.5) is 5.69 Å². The summed E-state index contributed by atoms with van der Waals surface area (Å²) in [5.74, 6) is -0.563. The number of aryl methyl sites for hydroxylation is 1. The fraction of sp³-hybridized carbons (Fsp3) is 0.143. The van der Waals surface area contributed by atoms with Gasteiger partial charge < -0.3 is 4.74 Å². The van der Waals surface area contributed by atoms with E-state index in [0.717, 1.165) is 16.5 Å². The molecule has 0 aliphatic heterocycles. The molecule has 0 aliphatic rings. The maximum Gasteiger partial charge on any atom is 0.312 e. The SMILES string of the molecule is Cc1ccsc1/C=N/NC(=O)COc1ccc(Cl)cc1[N+](=O)[O-]. The zero-order valence-corrected chi connectivity index (χ0v) is 13.6. The molecule has 1 aromatic heterocycles. The third-order valence-corrected chi connectivity index (χ3v) is 3.94. The Morgan fingerprint density at radius 1 is 1.52 bits per heavy atom. The molecule has 0 atom stereocenters. The molecule has 1 amide bonds. The lowest BCUT2D eigenvalue weighted by Gasteiger charge is -2.05. The minimum absolute atomic E-state index is 0.0346. The first-order valence-corrected chi connectivity index (χ1v) is 7.66. The monoisotopic (exact) mass is 353 g/mol. The van der Waals surface area contributed by atoms with Crippen molar-refractivity contribution in [3.8, 4) is 5.75 Å². The molecule has 120 valence electrons. The quantitative estimate of drug-likeness (QED) is 0.490. The molecule has 0 unspecified atom stereocenters. The number of amides is 1. The summed E-state index contributed by atoms with van der Waals surface area (Å²) in [6.45, 7) is 1.53. The number of hydrazone groups is 1. The summed E-state index contributed by atoms with van der Waals surface area (Å²) in [4.78, 5) is 22.8. The Balaban J connectivity index is 1.91. The van der Waals surface area contributed by atoms with Gasteiger partial charge in [0, 0.05) is 16.0 Å². The zero-order chi connectivity index (χ0) is 16.8. The number of nitrogens with zero attached hydrogens (tertiary/aromatic N) is 2. The number of carbonyl (C=O) groups excluding carboxylic acids is 1. The van der Waals surface area contributed by atoms with Gasteiger partial charge in [-0.05, 0) is 36.1 Å². The molecule has 0 saturated carbocycles. The van der Waals surface area contributed by atoms with E-state index in [1.54, 1.807) is 0 Å². The first-order chi connectivity index (χ1) is 11.0. The van der Waals surface area contributed by atoms with Gasteiger partial charge in [0.15, 0.2) is 12.4 Å². The van der Waals surface area contributed by atoms with Crippen LogP contribution in [-0.2, 0) is 4.79 Å². The van der Waals surface area contributed by atoms with E-state index >= 15 is 0 Å².